The highest BCUT2D eigenvalue weighted by atomic mass is 79.9. The van der Waals surface area contributed by atoms with E-state index in [0.717, 1.165) is 10.2 Å². The minimum atomic E-state index is -0.992. The Labute approximate surface area is 107 Å². The number of amides is 1. The maximum absolute atomic E-state index is 10.1. The maximum atomic E-state index is 10.1. The van der Waals surface area contributed by atoms with Crippen molar-refractivity contribution in [1.29, 1.82) is 0 Å². The van der Waals surface area contributed by atoms with E-state index in [9.17, 15) is 4.79 Å². The molecule has 0 radical (unpaired) electrons. The number of benzene rings is 1. The van der Waals surface area contributed by atoms with Crippen LogP contribution >= 0.6 is 15.9 Å². The van der Waals surface area contributed by atoms with Crippen molar-refractivity contribution < 1.29 is 9.90 Å². The predicted octanol–water partition coefficient (Wildman–Crippen LogP) is 2.63. The molecule has 0 saturated heterocycles. The van der Waals surface area contributed by atoms with E-state index < -0.39 is 6.09 Å². The van der Waals surface area contributed by atoms with Gasteiger partial charge in [0.2, 0.25) is 0 Å². The van der Waals surface area contributed by atoms with Crippen LogP contribution in [0.1, 0.15) is 5.56 Å². The Bertz CT molecular complexity index is 431. The molecule has 17 heavy (non-hydrogen) atoms. The summed E-state index contributed by atoms with van der Waals surface area (Å²) in [7, 11) is 0. The van der Waals surface area contributed by atoms with Gasteiger partial charge in [-0.15, -0.1) is 0 Å². The molecule has 0 fully saturated rings. The zero-order valence-corrected chi connectivity index (χ0v) is 10.5. The van der Waals surface area contributed by atoms with Gasteiger partial charge in [0, 0.05) is 12.7 Å². The first kappa shape index (κ1) is 13.2. The van der Waals surface area contributed by atoms with Gasteiger partial charge in [-0.05, 0) is 27.6 Å². The summed E-state index contributed by atoms with van der Waals surface area (Å²) in [6.07, 6.45) is 0.693. The molecule has 5 nitrogen and oxygen atoms in total. The topological polar surface area (TPSA) is 78.0 Å². The fraction of sp³-hybridized carbons (Fsp3) is 0.0909. The van der Waals surface area contributed by atoms with E-state index in [4.69, 9.17) is 5.11 Å². The highest BCUT2D eigenvalue weighted by Crippen LogP contribution is 1.99. The highest BCUT2D eigenvalue weighted by molar-refractivity contribution is 9.10. The minimum Gasteiger partial charge on any atom is -0.465 e. The maximum Gasteiger partial charge on any atom is 0.404 e. The summed E-state index contributed by atoms with van der Waals surface area (Å²) in [5.74, 6) is 0. The Balaban J connectivity index is 0.000000202. The van der Waals surface area contributed by atoms with Crippen molar-refractivity contribution in [2.45, 2.75) is 6.54 Å². The summed E-state index contributed by atoms with van der Waals surface area (Å²) in [6.45, 7) is 0.371. The minimum absolute atomic E-state index is 0.371. The summed E-state index contributed by atoms with van der Waals surface area (Å²) in [6, 6.07) is 11.2. The van der Waals surface area contributed by atoms with E-state index in [1.165, 1.54) is 0 Å². The fourth-order valence-electron chi connectivity index (χ4n) is 1.01. The van der Waals surface area contributed by atoms with E-state index >= 15 is 0 Å². The molecule has 0 atom stereocenters. The molecular formula is C11H12BrN3O2. The van der Waals surface area contributed by atoms with E-state index in [1.807, 2.05) is 36.4 Å². The lowest BCUT2D eigenvalue weighted by Gasteiger charge is -1.98. The molecule has 2 rings (SSSR count). The van der Waals surface area contributed by atoms with Crippen molar-refractivity contribution in [3.63, 3.8) is 0 Å². The van der Waals surface area contributed by atoms with Gasteiger partial charge in [-0.25, -0.2) is 4.79 Å². The molecule has 0 aliphatic carbocycles. The van der Waals surface area contributed by atoms with Crippen molar-refractivity contribution in [2.75, 3.05) is 0 Å². The van der Waals surface area contributed by atoms with Gasteiger partial charge >= 0.3 is 6.09 Å². The molecular weight excluding hydrogens is 286 g/mol. The van der Waals surface area contributed by atoms with Gasteiger partial charge in [-0.1, -0.05) is 30.3 Å². The van der Waals surface area contributed by atoms with Gasteiger partial charge < -0.3 is 10.4 Å². The lowest BCUT2D eigenvalue weighted by atomic mass is 10.2. The first-order valence-corrected chi connectivity index (χ1v) is 5.63. The third kappa shape index (κ3) is 6.36. The number of nitrogens with zero attached hydrogens (tertiary/aromatic N) is 1. The monoisotopic (exact) mass is 297 g/mol. The molecule has 1 amide bonds. The Morgan fingerprint density at radius 1 is 1.35 bits per heavy atom. The average Bonchev–Trinajstić information content (AvgIpc) is 2.80. The number of hydrogen-bond acceptors (Lipinski definition) is 2. The first-order chi connectivity index (χ1) is 8.18. The molecule has 0 aliphatic heterocycles. The molecule has 1 aromatic heterocycles. The number of carboxylic acid groups (broad SMARTS) is 1. The molecule has 90 valence electrons. The number of H-pyrrole nitrogens is 1. The normalized spacial score (nSPS) is 9.00. The van der Waals surface area contributed by atoms with Crippen LogP contribution in [0.2, 0.25) is 0 Å². The molecule has 1 aromatic carbocycles. The Hall–Kier alpha value is -1.82. The van der Waals surface area contributed by atoms with Crippen molar-refractivity contribution in [3.05, 3.63) is 52.8 Å². The van der Waals surface area contributed by atoms with Crippen LogP contribution in [-0.2, 0) is 6.54 Å². The van der Waals surface area contributed by atoms with Gasteiger partial charge in [0.1, 0.15) is 4.60 Å². The smallest absolute Gasteiger partial charge is 0.404 e. The average molecular weight is 298 g/mol. The van der Waals surface area contributed by atoms with Crippen LogP contribution in [0.3, 0.4) is 0 Å². The second kappa shape index (κ2) is 7.45. The van der Waals surface area contributed by atoms with E-state index in [1.54, 1.807) is 6.20 Å². The Morgan fingerprint density at radius 3 is 2.47 bits per heavy atom. The van der Waals surface area contributed by atoms with Crippen LogP contribution in [-0.4, -0.2) is 21.4 Å². The Kier molecular flexibility index (Phi) is 5.81. The molecule has 2 aromatic rings. The lowest BCUT2D eigenvalue weighted by Crippen LogP contribution is -2.19. The van der Waals surface area contributed by atoms with Crippen LogP contribution in [0.5, 0.6) is 0 Å². The quantitative estimate of drug-likeness (QED) is 0.797. The van der Waals surface area contributed by atoms with Crippen LogP contribution in [0.15, 0.2) is 47.2 Å². The number of rotatable bonds is 2. The summed E-state index contributed by atoms with van der Waals surface area (Å²) in [5.41, 5.74) is 0.968. The molecule has 0 bridgehead atoms. The lowest BCUT2D eigenvalue weighted by molar-refractivity contribution is 0.194. The fourth-order valence-corrected chi connectivity index (χ4v) is 1.23. The van der Waals surface area contributed by atoms with Gasteiger partial charge in [-0.3, -0.25) is 5.10 Å². The van der Waals surface area contributed by atoms with Gasteiger partial charge in [0.05, 0.1) is 0 Å². The third-order valence-electron chi connectivity index (χ3n) is 1.75. The van der Waals surface area contributed by atoms with Gasteiger partial charge in [0.25, 0.3) is 0 Å². The van der Waals surface area contributed by atoms with Crippen LogP contribution in [0.25, 0.3) is 0 Å². The number of nitrogens with one attached hydrogen (secondary N) is 2. The standard InChI is InChI=1S/C8H9NO2.C3H3BrN2/c10-8(11)9-6-7-4-2-1-3-5-7;4-3-1-2-5-6-3/h1-5,9H,6H2,(H,10,11);1-2H,(H,5,6). The number of hydrogen-bond donors (Lipinski definition) is 3. The SMILES string of the molecule is Brc1ccn[nH]1.O=C(O)NCc1ccccc1. The van der Waals surface area contributed by atoms with Crippen molar-refractivity contribution in [1.82, 2.24) is 15.5 Å². The van der Waals surface area contributed by atoms with Crippen LogP contribution in [0, 0.1) is 0 Å². The molecule has 0 spiro atoms. The first-order valence-electron chi connectivity index (χ1n) is 4.84. The van der Waals surface area contributed by atoms with Crippen LogP contribution in [0.4, 0.5) is 4.79 Å². The largest absolute Gasteiger partial charge is 0.465 e. The Morgan fingerprint density at radius 2 is 2.06 bits per heavy atom. The number of halogens is 1. The summed E-state index contributed by atoms with van der Waals surface area (Å²) >= 11 is 3.16. The van der Waals surface area contributed by atoms with Crippen molar-refractivity contribution in [3.8, 4) is 0 Å². The summed E-state index contributed by atoms with van der Waals surface area (Å²) in [4.78, 5) is 10.1. The molecule has 0 aliphatic rings. The van der Waals surface area contributed by atoms with Crippen molar-refractivity contribution in [2.24, 2.45) is 0 Å². The molecule has 1 heterocycles. The second-order valence-corrected chi connectivity index (χ2v) is 3.90. The molecule has 0 unspecified atom stereocenters. The van der Waals surface area contributed by atoms with Crippen molar-refractivity contribution >= 4 is 22.0 Å². The highest BCUT2D eigenvalue weighted by Gasteiger charge is 1.93. The van der Waals surface area contributed by atoms with E-state index in [0.29, 0.717) is 6.54 Å². The molecule has 6 heteroatoms. The van der Waals surface area contributed by atoms with E-state index in [2.05, 4.69) is 31.4 Å². The third-order valence-corrected chi connectivity index (χ3v) is 2.19. The predicted molar refractivity (Wildman–Crippen MR) is 67.6 cm³/mol. The number of aromatic nitrogens is 2. The second-order valence-electron chi connectivity index (χ2n) is 3.05. The van der Waals surface area contributed by atoms with E-state index in [-0.39, 0.29) is 0 Å². The number of carbonyl (C=O) groups is 1. The van der Waals surface area contributed by atoms with Gasteiger partial charge in [-0.2, -0.15) is 5.10 Å². The van der Waals surface area contributed by atoms with Crippen LogP contribution < -0.4 is 5.32 Å². The summed E-state index contributed by atoms with van der Waals surface area (Å²) < 4.78 is 0.919. The number of aromatic amines is 1. The zero-order valence-electron chi connectivity index (χ0n) is 8.93. The zero-order chi connectivity index (χ0) is 12.5. The molecule has 0 saturated carbocycles. The molecule has 3 N–H and O–H groups in total. The van der Waals surface area contributed by atoms with Gasteiger partial charge in [0.15, 0.2) is 0 Å². The summed E-state index contributed by atoms with van der Waals surface area (Å²) in [5, 5.41) is 16.9.